The van der Waals surface area contributed by atoms with Gasteiger partial charge in [-0.2, -0.15) is 0 Å². The van der Waals surface area contributed by atoms with Gasteiger partial charge in [0, 0.05) is 17.7 Å². The van der Waals surface area contributed by atoms with Gasteiger partial charge < -0.3 is 14.8 Å². The maximum absolute atomic E-state index is 12.7. The van der Waals surface area contributed by atoms with Gasteiger partial charge in [-0.15, -0.1) is 10.2 Å². The molecule has 0 radical (unpaired) electrons. The first-order valence-electron chi connectivity index (χ1n) is 9.49. The van der Waals surface area contributed by atoms with Crippen molar-refractivity contribution in [3.63, 3.8) is 0 Å². The molecule has 2 aromatic rings. The Hall–Kier alpha value is -2.73. The fourth-order valence-electron chi connectivity index (χ4n) is 2.70. The van der Waals surface area contributed by atoms with Crippen molar-refractivity contribution in [1.82, 2.24) is 10.2 Å². The third kappa shape index (κ3) is 6.37. The highest BCUT2D eigenvalue weighted by molar-refractivity contribution is 7.93. The average molecular weight is 471 g/mol. The second-order valence-corrected chi connectivity index (χ2v) is 10.1. The Labute approximate surface area is 185 Å². The molecule has 0 bridgehead atoms. The van der Waals surface area contributed by atoms with Crippen molar-refractivity contribution in [3.05, 3.63) is 23.2 Å². The molecular weight excluding hydrogens is 444 g/mol. The first kappa shape index (κ1) is 24.5. The van der Waals surface area contributed by atoms with E-state index in [2.05, 4.69) is 20.8 Å². The van der Waals surface area contributed by atoms with Crippen molar-refractivity contribution in [2.24, 2.45) is 0 Å². The summed E-state index contributed by atoms with van der Waals surface area (Å²) < 4.78 is 35.8. The van der Waals surface area contributed by atoms with E-state index in [1.165, 1.54) is 31.6 Å². The summed E-state index contributed by atoms with van der Waals surface area (Å²) in [6.45, 7) is 5.43. The van der Waals surface area contributed by atoms with Gasteiger partial charge in [-0.25, -0.2) is 8.42 Å². The van der Waals surface area contributed by atoms with E-state index < -0.39 is 32.7 Å². The number of benzene rings is 1. The van der Waals surface area contributed by atoms with Gasteiger partial charge in [0.1, 0.15) is 16.0 Å². The SMILES string of the molecule is CCC(C(=O)Nc1nnc(C(C)C)s1)S(=O)(=O)CC(=O)Nc1ccc(OC)c(OC)c1. The zero-order valence-corrected chi connectivity index (χ0v) is 19.6. The number of methoxy groups -OCH3 is 2. The number of nitrogens with one attached hydrogen (secondary N) is 2. The van der Waals surface area contributed by atoms with Gasteiger partial charge in [-0.1, -0.05) is 32.1 Å². The van der Waals surface area contributed by atoms with E-state index in [-0.39, 0.29) is 17.5 Å². The predicted octanol–water partition coefficient (Wildman–Crippen LogP) is 2.45. The molecule has 0 spiro atoms. The Kier molecular flexibility index (Phi) is 8.34. The lowest BCUT2D eigenvalue weighted by Gasteiger charge is -2.15. The van der Waals surface area contributed by atoms with Crippen LogP contribution in [-0.4, -0.2) is 55.7 Å². The number of hydrogen-bond acceptors (Lipinski definition) is 9. The van der Waals surface area contributed by atoms with E-state index in [1.807, 2.05) is 13.8 Å². The van der Waals surface area contributed by atoms with E-state index in [0.717, 1.165) is 5.01 Å². The predicted molar refractivity (Wildman–Crippen MR) is 119 cm³/mol. The van der Waals surface area contributed by atoms with Crippen LogP contribution in [0, 0.1) is 0 Å². The summed E-state index contributed by atoms with van der Waals surface area (Å²) in [7, 11) is -1.15. The maximum Gasteiger partial charge on any atom is 0.244 e. The monoisotopic (exact) mass is 470 g/mol. The Morgan fingerprint density at radius 1 is 1.10 bits per heavy atom. The Bertz CT molecular complexity index is 1040. The highest BCUT2D eigenvalue weighted by atomic mass is 32.2. The van der Waals surface area contributed by atoms with Crippen LogP contribution in [0.2, 0.25) is 0 Å². The Morgan fingerprint density at radius 3 is 2.32 bits per heavy atom. The van der Waals surface area contributed by atoms with Crippen LogP contribution in [0.4, 0.5) is 10.8 Å². The average Bonchev–Trinajstić information content (AvgIpc) is 3.16. The smallest absolute Gasteiger partial charge is 0.244 e. The van der Waals surface area contributed by atoms with Crippen molar-refractivity contribution in [1.29, 1.82) is 0 Å². The third-order valence-electron chi connectivity index (χ3n) is 4.26. The van der Waals surface area contributed by atoms with Gasteiger partial charge in [-0.05, 0) is 18.6 Å². The number of sulfone groups is 1. The van der Waals surface area contributed by atoms with Crippen LogP contribution in [0.3, 0.4) is 0 Å². The number of nitrogens with zero attached hydrogens (tertiary/aromatic N) is 2. The standard InChI is InChI=1S/C19H26N4O6S2/c1-6-15(17(25)21-19-23-22-18(30-19)11(2)3)31(26,27)10-16(24)20-12-7-8-13(28-4)14(9-12)29-5/h7-9,11,15H,6,10H2,1-5H3,(H,20,24)(H,21,23,25). The lowest BCUT2D eigenvalue weighted by Crippen LogP contribution is -2.39. The van der Waals surface area contributed by atoms with Crippen LogP contribution in [0.5, 0.6) is 11.5 Å². The summed E-state index contributed by atoms with van der Waals surface area (Å²) in [5.41, 5.74) is 0.338. The van der Waals surface area contributed by atoms with Gasteiger partial charge >= 0.3 is 0 Å². The van der Waals surface area contributed by atoms with Gasteiger partial charge in [0.05, 0.1) is 14.2 Å². The number of aromatic nitrogens is 2. The molecule has 2 amide bonds. The molecule has 0 aliphatic rings. The molecule has 0 aliphatic carbocycles. The first-order valence-corrected chi connectivity index (χ1v) is 12.0. The molecule has 0 fully saturated rings. The van der Waals surface area contributed by atoms with Crippen LogP contribution >= 0.6 is 11.3 Å². The van der Waals surface area contributed by atoms with Gasteiger partial charge in [-0.3, -0.25) is 14.9 Å². The van der Waals surface area contributed by atoms with E-state index in [1.54, 1.807) is 19.1 Å². The molecule has 0 aliphatic heterocycles. The molecule has 1 aromatic heterocycles. The van der Waals surface area contributed by atoms with Crippen LogP contribution in [0.25, 0.3) is 0 Å². The number of rotatable bonds is 10. The Morgan fingerprint density at radius 2 is 1.77 bits per heavy atom. The quantitative estimate of drug-likeness (QED) is 0.540. The van der Waals surface area contributed by atoms with Gasteiger partial charge in [0.15, 0.2) is 21.3 Å². The summed E-state index contributed by atoms with van der Waals surface area (Å²) >= 11 is 1.18. The van der Waals surface area contributed by atoms with Gasteiger partial charge in [0.25, 0.3) is 0 Å². The molecule has 10 nitrogen and oxygen atoms in total. The summed E-state index contributed by atoms with van der Waals surface area (Å²) in [5.74, 6) is -1.38. The molecule has 1 heterocycles. The van der Waals surface area contributed by atoms with Crippen LogP contribution in [-0.2, 0) is 19.4 Å². The normalized spacial score (nSPS) is 12.3. The minimum Gasteiger partial charge on any atom is -0.493 e. The third-order valence-corrected chi connectivity index (χ3v) is 7.48. The Balaban J connectivity index is 2.07. The number of ether oxygens (including phenoxy) is 2. The number of carbonyl (C=O) groups is 2. The van der Waals surface area contributed by atoms with Gasteiger partial charge in [0.2, 0.25) is 16.9 Å². The zero-order valence-electron chi connectivity index (χ0n) is 18.0. The van der Waals surface area contributed by atoms with Crippen molar-refractivity contribution < 1.29 is 27.5 Å². The minimum atomic E-state index is -4.07. The number of hydrogen-bond donors (Lipinski definition) is 2. The summed E-state index contributed by atoms with van der Waals surface area (Å²) in [6.07, 6.45) is 0.00759. The molecule has 0 saturated carbocycles. The molecular formula is C19H26N4O6S2. The van der Waals surface area contributed by atoms with Crippen LogP contribution in [0.15, 0.2) is 18.2 Å². The largest absolute Gasteiger partial charge is 0.493 e. The van der Waals surface area contributed by atoms with Crippen LogP contribution in [0.1, 0.15) is 38.1 Å². The topological polar surface area (TPSA) is 137 Å². The lowest BCUT2D eigenvalue weighted by molar-refractivity contribution is -0.115. The maximum atomic E-state index is 12.7. The minimum absolute atomic E-state index is 0.00759. The first-order chi connectivity index (χ1) is 14.6. The lowest BCUT2D eigenvalue weighted by atomic mass is 10.2. The highest BCUT2D eigenvalue weighted by Crippen LogP contribution is 2.29. The summed E-state index contributed by atoms with van der Waals surface area (Å²) in [4.78, 5) is 24.9. The van der Waals surface area contributed by atoms with Crippen molar-refractivity contribution in [3.8, 4) is 11.5 Å². The zero-order chi connectivity index (χ0) is 23.2. The van der Waals surface area contributed by atoms with Crippen molar-refractivity contribution >= 4 is 43.8 Å². The fourth-order valence-corrected chi connectivity index (χ4v) is 4.98. The molecule has 1 atom stereocenters. The molecule has 1 aromatic carbocycles. The van der Waals surface area contributed by atoms with Crippen molar-refractivity contribution in [2.75, 3.05) is 30.6 Å². The van der Waals surface area contributed by atoms with E-state index in [9.17, 15) is 18.0 Å². The van der Waals surface area contributed by atoms with E-state index in [4.69, 9.17) is 9.47 Å². The summed E-state index contributed by atoms with van der Waals surface area (Å²) in [6, 6.07) is 4.64. The molecule has 1 unspecified atom stereocenters. The van der Waals surface area contributed by atoms with Crippen molar-refractivity contribution in [2.45, 2.75) is 38.4 Å². The molecule has 31 heavy (non-hydrogen) atoms. The number of anilines is 2. The van der Waals surface area contributed by atoms with E-state index >= 15 is 0 Å². The fraction of sp³-hybridized carbons (Fsp3) is 0.474. The second kappa shape index (κ2) is 10.5. The molecule has 2 N–H and O–H groups in total. The highest BCUT2D eigenvalue weighted by Gasteiger charge is 2.33. The summed E-state index contributed by atoms with van der Waals surface area (Å²) in [5, 5.41) is 12.4. The number of amides is 2. The molecule has 170 valence electrons. The molecule has 0 saturated heterocycles. The molecule has 2 rings (SSSR count). The van der Waals surface area contributed by atoms with Crippen LogP contribution < -0.4 is 20.1 Å². The number of carbonyl (C=O) groups excluding carboxylic acids is 2. The second-order valence-electron chi connectivity index (χ2n) is 6.91. The van der Waals surface area contributed by atoms with E-state index in [0.29, 0.717) is 17.2 Å². The molecule has 12 heteroatoms.